The van der Waals surface area contributed by atoms with Crippen LogP contribution in [-0.2, 0) is 10.7 Å². The summed E-state index contributed by atoms with van der Waals surface area (Å²) in [6.07, 6.45) is 0.110. The second kappa shape index (κ2) is 4.74. The van der Waals surface area contributed by atoms with Crippen LogP contribution in [0.5, 0.6) is 5.75 Å². The second-order valence-corrected chi connectivity index (χ2v) is 6.10. The van der Waals surface area contributed by atoms with E-state index in [4.69, 9.17) is 5.11 Å². The van der Waals surface area contributed by atoms with E-state index in [1.165, 1.54) is 24.3 Å². The second-order valence-electron chi connectivity index (χ2n) is 3.86. The van der Waals surface area contributed by atoms with E-state index < -0.39 is 7.37 Å². The molecule has 0 aromatic heterocycles. The SMILES string of the molecule is O=P(O)(Cc1ccccc1)c1ccc(O)cc1. The molecule has 2 aromatic rings. The van der Waals surface area contributed by atoms with Crippen LogP contribution >= 0.6 is 7.37 Å². The van der Waals surface area contributed by atoms with Gasteiger partial charge in [0.15, 0.2) is 0 Å². The zero-order valence-electron chi connectivity index (χ0n) is 9.15. The fraction of sp³-hybridized carbons (Fsp3) is 0.0769. The first-order chi connectivity index (χ1) is 8.08. The van der Waals surface area contributed by atoms with E-state index in [0.29, 0.717) is 5.30 Å². The fourth-order valence-electron chi connectivity index (χ4n) is 1.61. The average Bonchev–Trinajstić information content (AvgIpc) is 2.30. The molecule has 2 N–H and O–H groups in total. The van der Waals surface area contributed by atoms with Crippen molar-refractivity contribution in [1.82, 2.24) is 0 Å². The predicted octanol–water partition coefficient (Wildman–Crippen LogP) is 2.49. The standard InChI is InChI=1S/C13H13O3P/c14-12-6-8-13(9-7-12)17(15,16)10-11-4-2-1-3-5-11/h1-9,14H,10H2,(H,15,16). The summed E-state index contributed by atoms with van der Waals surface area (Å²) in [7, 11) is -3.40. The monoisotopic (exact) mass is 248 g/mol. The zero-order valence-corrected chi connectivity index (χ0v) is 10.0. The first-order valence-electron chi connectivity index (χ1n) is 5.23. The molecular weight excluding hydrogens is 235 g/mol. The van der Waals surface area contributed by atoms with Gasteiger partial charge in [0.05, 0.1) is 6.16 Å². The molecular formula is C13H13O3P. The fourth-order valence-corrected chi connectivity index (χ4v) is 3.11. The Hall–Kier alpha value is -1.57. The largest absolute Gasteiger partial charge is 0.508 e. The molecule has 0 heterocycles. The van der Waals surface area contributed by atoms with Crippen LogP contribution in [0.3, 0.4) is 0 Å². The summed E-state index contributed by atoms with van der Waals surface area (Å²) in [6.45, 7) is 0. The molecule has 0 aliphatic carbocycles. The van der Waals surface area contributed by atoms with Crippen LogP contribution in [-0.4, -0.2) is 10.00 Å². The molecule has 2 aromatic carbocycles. The first-order valence-corrected chi connectivity index (χ1v) is 7.08. The molecule has 1 unspecified atom stereocenters. The van der Waals surface area contributed by atoms with Crippen LogP contribution in [0, 0.1) is 0 Å². The number of benzene rings is 2. The lowest BCUT2D eigenvalue weighted by molar-refractivity contribution is 0.475. The normalized spacial score (nSPS) is 14.2. The first kappa shape index (κ1) is 11.9. The summed E-state index contributed by atoms with van der Waals surface area (Å²) < 4.78 is 12.2. The zero-order chi connectivity index (χ0) is 12.3. The van der Waals surface area contributed by atoms with Gasteiger partial charge in [-0.3, -0.25) is 4.57 Å². The Morgan fingerprint density at radius 3 is 2.12 bits per heavy atom. The summed E-state index contributed by atoms with van der Waals surface area (Å²) in [5, 5.41) is 9.50. The van der Waals surface area contributed by atoms with Crippen molar-refractivity contribution < 1.29 is 14.6 Å². The molecule has 0 saturated carbocycles. The summed E-state index contributed by atoms with van der Waals surface area (Å²) in [4.78, 5) is 10.0. The Bertz CT molecular complexity index is 534. The van der Waals surface area contributed by atoms with E-state index in [9.17, 15) is 9.46 Å². The minimum absolute atomic E-state index is 0.0912. The predicted molar refractivity (Wildman–Crippen MR) is 67.7 cm³/mol. The molecule has 0 fully saturated rings. The number of hydrogen-bond acceptors (Lipinski definition) is 2. The van der Waals surface area contributed by atoms with Gasteiger partial charge in [-0.1, -0.05) is 30.3 Å². The highest BCUT2D eigenvalue weighted by molar-refractivity contribution is 7.65. The molecule has 0 amide bonds. The molecule has 0 saturated heterocycles. The van der Waals surface area contributed by atoms with Crippen molar-refractivity contribution in [2.75, 3.05) is 0 Å². The molecule has 0 aliphatic rings. The molecule has 0 bridgehead atoms. The lowest BCUT2D eigenvalue weighted by Crippen LogP contribution is -2.05. The minimum Gasteiger partial charge on any atom is -0.508 e. The lowest BCUT2D eigenvalue weighted by atomic mass is 10.2. The summed E-state index contributed by atoms with van der Waals surface area (Å²) in [5.74, 6) is 0.0912. The van der Waals surface area contributed by atoms with Crippen molar-refractivity contribution in [3.63, 3.8) is 0 Å². The van der Waals surface area contributed by atoms with E-state index in [1.54, 1.807) is 0 Å². The van der Waals surface area contributed by atoms with Gasteiger partial charge in [-0.25, -0.2) is 0 Å². The molecule has 2 rings (SSSR count). The van der Waals surface area contributed by atoms with Crippen molar-refractivity contribution in [3.05, 3.63) is 60.2 Å². The van der Waals surface area contributed by atoms with E-state index in [2.05, 4.69) is 0 Å². The van der Waals surface area contributed by atoms with Crippen molar-refractivity contribution >= 4 is 12.7 Å². The van der Waals surface area contributed by atoms with Gasteiger partial charge in [-0.2, -0.15) is 0 Å². The lowest BCUT2D eigenvalue weighted by Gasteiger charge is -2.11. The molecule has 0 radical (unpaired) electrons. The minimum atomic E-state index is -3.40. The van der Waals surface area contributed by atoms with E-state index in [0.717, 1.165) is 5.56 Å². The van der Waals surface area contributed by atoms with Gasteiger partial charge in [0.25, 0.3) is 0 Å². The Balaban J connectivity index is 2.25. The average molecular weight is 248 g/mol. The van der Waals surface area contributed by atoms with Crippen molar-refractivity contribution in [1.29, 1.82) is 0 Å². The third kappa shape index (κ3) is 2.96. The molecule has 17 heavy (non-hydrogen) atoms. The number of aromatic hydroxyl groups is 1. The number of phenolic OH excluding ortho intramolecular Hbond substituents is 1. The third-order valence-electron chi connectivity index (χ3n) is 2.49. The van der Waals surface area contributed by atoms with Crippen molar-refractivity contribution in [3.8, 4) is 5.75 Å². The molecule has 0 aliphatic heterocycles. The van der Waals surface area contributed by atoms with Gasteiger partial charge >= 0.3 is 0 Å². The van der Waals surface area contributed by atoms with Crippen molar-refractivity contribution in [2.45, 2.75) is 6.16 Å². The molecule has 4 heteroatoms. The van der Waals surface area contributed by atoms with Crippen molar-refractivity contribution in [2.24, 2.45) is 0 Å². The summed E-state index contributed by atoms with van der Waals surface area (Å²) in [5.41, 5.74) is 0.825. The van der Waals surface area contributed by atoms with Crippen LogP contribution < -0.4 is 5.30 Å². The van der Waals surface area contributed by atoms with Gasteiger partial charge in [0, 0.05) is 5.30 Å². The Labute approximate surface area is 99.8 Å². The van der Waals surface area contributed by atoms with E-state index in [1.807, 2.05) is 30.3 Å². The van der Waals surface area contributed by atoms with Crippen LogP contribution in [0.2, 0.25) is 0 Å². The molecule has 3 nitrogen and oxygen atoms in total. The highest BCUT2D eigenvalue weighted by Gasteiger charge is 2.21. The van der Waals surface area contributed by atoms with Gasteiger partial charge < -0.3 is 10.00 Å². The quantitative estimate of drug-likeness (QED) is 0.820. The third-order valence-corrected chi connectivity index (χ3v) is 4.39. The highest BCUT2D eigenvalue weighted by Crippen LogP contribution is 2.43. The smallest absolute Gasteiger partial charge is 0.233 e. The van der Waals surface area contributed by atoms with Crippen LogP contribution in [0.1, 0.15) is 5.56 Å². The topological polar surface area (TPSA) is 57.5 Å². The van der Waals surface area contributed by atoms with Gasteiger partial charge in [-0.05, 0) is 29.8 Å². The van der Waals surface area contributed by atoms with Gasteiger partial charge in [-0.15, -0.1) is 0 Å². The Kier molecular flexibility index (Phi) is 3.32. The number of phenols is 1. The molecule has 1 atom stereocenters. The Morgan fingerprint density at radius 2 is 1.53 bits per heavy atom. The van der Waals surface area contributed by atoms with Crippen LogP contribution in [0.25, 0.3) is 0 Å². The maximum absolute atomic E-state index is 12.2. The van der Waals surface area contributed by atoms with Gasteiger partial charge in [0.2, 0.25) is 7.37 Å². The summed E-state index contributed by atoms with van der Waals surface area (Å²) in [6, 6.07) is 15.0. The highest BCUT2D eigenvalue weighted by atomic mass is 31.2. The van der Waals surface area contributed by atoms with Crippen LogP contribution in [0.15, 0.2) is 54.6 Å². The van der Waals surface area contributed by atoms with Gasteiger partial charge in [0.1, 0.15) is 5.75 Å². The summed E-state index contributed by atoms with van der Waals surface area (Å²) >= 11 is 0. The number of rotatable bonds is 3. The van der Waals surface area contributed by atoms with E-state index >= 15 is 0 Å². The van der Waals surface area contributed by atoms with E-state index in [-0.39, 0.29) is 11.9 Å². The Morgan fingerprint density at radius 1 is 0.941 bits per heavy atom. The molecule has 88 valence electrons. The maximum Gasteiger partial charge on any atom is 0.233 e. The molecule has 0 spiro atoms. The maximum atomic E-state index is 12.2. The number of hydrogen-bond donors (Lipinski definition) is 2. The van der Waals surface area contributed by atoms with Crippen LogP contribution in [0.4, 0.5) is 0 Å².